The van der Waals surface area contributed by atoms with Crippen molar-refractivity contribution in [3.63, 3.8) is 0 Å². The van der Waals surface area contributed by atoms with Crippen LogP contribution in [0.3, 0.4) is 0 Å². The van der Waals surface area contributed by atoms with Crippen LogP contribution >= 0.6 is 0 Å². The maximum atomic E-state index is 12.2. The molecule has 0 fully saturated rings. The van der Waals surface area contributed by atoms with E-state index in [0.29, 0.717) is 17.0 Å². The Morgan fingerprint density at radius 2 is 1.81 bits per heavy atom. The Bertz CT molecular complexity index is 1220. The molecule has 0 aliphatic heterocycles. The van der Waals surface area contributed by atoms with Crippen LogP contribution in [0.4, 0.5) is 17.2 Å². The molecule has 0 atom stereocenters. The normalized spacial score (nSPS) is 11.5. The van der Waals surface area contributed by atoms with Gasteiger partial charge >= 0.3 is 0 Å². The smallest absolute Gasteiger partial charge is 0.251 e. The number of H-pyrrole nitrogens is 1. The van der Waals surface area contributed by atoms with E-state index >= 15 is 0 Å². The number of hydrogen-bond acceptors (Lipinski definition) is 5. The molecule has 0 amide bonds. The summed E-state index contributed by atoms with van der Waals surface area (Å²) < 4.78 is 1.59. The number of nitrogens with two attached hydrogens (primary N) is 1. The van der Waals surface area contributed by atoms with E-state index in [1.54, 1.807) is 4.52 Å². The summed E-state index contributed by atoms with van der Waals surface area (Å²) in [5.74, 6) is 0.197. The molecule has 0 unspecified atom stereocenters. The summed E-state index contributed by atoms with van der Waals surface area (Å²) in [5, 5.41) is 13.0. The Morgan fingerprint density at radius 1 is 1.04 bits per heavy atom. The minimum absolute atomic E-state index is 0.197. The predicted octanol–water partition coefficient (Wildman–Crippen LogP) is 4.30. The van der Waals surface area contributed by atoms with Gasteiger partial charge in [0.05, 0.1) is 11.4 Å². The number of benzene rings is 2. The van der Waals surface area contributed by atoms with E-state index in [-0.39, 0.29) is 11.4 Å². The van der Waals surface area contributed by atoms with Gasteiger partial charge in [-0.1, -0.05) is 42.5 Å². The Kier molecular flexibility index (Phi) is 4.04. The monoisotopic (exact) mass is 358 g/mol. The molecule has 2 aromatic carbocycles. The van der Waals surface area contributed by atoms with E-state index in [1.165, 1.54) is 6.07 Å². The largest absolute Gasteiger partial charge is 0.380 e. The first kappa shape index (κ1) is 16.7. The number of aromatic amines is 1. The van der Waals surface area contributed by atoms with Crippen molar-refractivity contribution in [3.05, 3.63) is 76.1 Å². The Hall–Kier alpha value is -3.74. The van der Waals surface area contributed by atoms with Crippen molar-refractivity contribution in [3.8, 4) is 11.3 Å². The molecule has 0 spiro atoms. The zero-order valence-corrected chi connectivity index (χ0v) is 15.0. The lowest BCUT2D eigenvalue weighted by molar-refractivity contribution is 0.945. The highest BCUT2D eigenvalue weighted by Crippen LogP contribution is 2.31. The van der Waals surface area contributed by atoms with Crippen LogP contribution in [0.1, 0.15) is 11.1 Å². The number of nitrogen functional groups attached to an aromatic ring is 1. The third-order valence-electron chi connectivity index (χ3n) is 4.53. The lowest BCUT2D eigenvalue weighted by Gasteiger charge is -2.04. The molecule has 0 saturated heterocycles. The summed E-state index contributed by atoms with van der Waals surface area (Å²) in [5.41, 5.74) is 11.0. The number of rotatable bonds is 3. The molecular formula is C20H18N6O. The molecule has 0 aliphatic rings. The number of fused-ring (bicyclic) bond motifs is 1. The summed E-state index contributed by atoms with van der Waals surface area (Å²) in [6.45, 7) is 4.00. The lowest BCUT2D eigenvalue weighted by atomic mass is 10.1. The van der Waals surface area contributed by atoms with Gasteiger partial charge in [-0.3, -0.25) is 4.79 Å². The van der Waals surface area contributed by atoms with Crippen LogP contribution in [0.15, 0.2) is 69.6 Å². The van der Waals surface area contributed by atoms with Crippen LogP contribution < -0.4 is 11.3 Å². The highest BCUT2D eigenvalue weighted by atomic mass is 16.1. The van der Waals surface area contributed by atoms with Crippen LogP contribution in [0.25, 0.3) is 16.9 Å². The van der Waals surface area contributed by atoms with Gasteiger partial charge in [-0.25, -0.2) is 4.52 Å². The third-order valence-corrected chi connectivity index (χ3v) is 4.53. The van der Waals surface area contributed by atoms with E-state index in [4.69, 9.17) is 5.73 Å². The quantitative estimate of drug-likeness (QED) is 0.534. The highest BCUT2D eigenvalue weighted by Gasteiger charge is 2.15. The number of nitrogens with zero attached hydrogens (tertiary/aromatic N) is 4. The SMILES string of the molecule is Cc1cccc(N=Nc2c(N)nn3c(-c4ccccc4)cc(=O)[nH]c23)c1C. The fourth-order valence-electron chi connectivity index (χ4n) is 2.91. The summed E-state index contributed by atoms with van der Waals surface area (Å²) in [4.78, 5) is 15.0. The average Bonchev–Trinajstić information content (AvgIpc) is 2.98. The molecule has 4 aromatic rings. The van der Waals surface area contributed by atoms with E-state index < -0.39 is 0 Å². The summed E-state index contributed by atoms with van der Waals surface area (Å²) in [6, 6.07) is 16.8. The van der Waals surface area contributed by atoms with E-state index in [2.05, 4.69) is 20.3 Å². The number of azo groups is 1. The zero-order valence-electron chi connectivity index (χ0n) is 15.0. The number of hydrogen-bond donors (Lipinski definition) is 2. The van der Waals surface area contributed by atoms with E-state index in [1.807, 2.05) is 62.4 Å². The molecule has 2 aromatic heterocycles. The van der Waals surface area contributed by atoms with Gasteiger partial charge in [0, 0.05) is 11.6 Å². The van der Waals surface area contributed by atoms with Crippen LogP contribution in [0, 0.1) is 13.8 Å². The van der Waals surface area contributed by atoms with Crippen LogP contribution in [0.5, 0.6) is 0 Å². The molecule has 0 saturated carbocycles. The Labute approximate surface area is 155 Å². The molecule has 3 N–H and O–H groups in total. The van der Waals surface area contributed by atoms with Gasteiger partial charge in [-0.05, 0) is 31.0 Å². The first-order valence-electron chi connectivity index (χ1n) is 8.49. The summed E-state index contributed by atoms with van der Waals surface area (Å²) >= 11 is 0. The molecule has 4 rings (SSSR count). The predicted molar refractivity (Wildman–Crippen MR) is 106 cm³/mol. The van der Waals surface area contributed by atoms with Gasteiger partial charge in [0.25, 0.3) is 5.56 Å². The summed E-state index contributed by atoms with van der Waals surface area (Å²) in [7, 11) is 0. The van der Waals surface area contributed by atoms with Gasteiger partial charge in [0.2, 0.25) is 0 Å². The molecule has 134 valence electrons. The average molecular weight is 358 g/mol. The second kappa shape index (κ2) is 6.53. The van der Waals surface area contributed by atoms with Crippen LogP contribution in [-0.2, 0) is 0 Å². The Balaban J connectivity index is 1.89. The van der Waals surface area contributed by atoms with Crippen molar-refractivity contribution in [1.29, 1.82) is 0 Å². The summed E-state index contributed by atoms with van der Waals surface area (Å²) in [6.07, 6.45) is 0. The first-order chi connectivity index (χ1) is 13.0. The first-order valence-corrected chi connectivity index (χ1v) is 8.49. The molecule has 27 heavy (non-hydrogen) atoms. The molecule has 7 nitrogen and oxygen atoms in total. The van der Waals surface area contributed by atoms with Gasteiger partial charge < -0.3 is 10.7 Å². The zero-order chi connectivity index (χ0) is 19.0. The van der Waals surface area contributed by atoms with E-state index in [9.17, 15) is 4.79 Å². The van der Waals surface area contributed by atoms with Crippen molar-refractivity contribution < 1.29 is 0 Å². The maximum Gasteiger partial charge on any atom is 0.251 e. The van der Waals surface area contributed by atoms with Gasteiger partial charge in [0.15, 0.2) is 17.2 Å². The molecule has 0 radical (unpaired) electrons. The Morgan fingerprint density at radius 3 is 2.59 bits per heavy atom. The minimum Gasteiger partial charge on any atom is -0.380 e. The minimum atomic E-state index is -0.260. The lowest BCUT2D eigenvalue weighted by Crippen LogP contribution is -2.09. The molecule has 2 heterocycles. The van der Waals surface area contributed by atoms with Crippen LogP contribution in [-0.4, -0.2) is 14.6 Å². The molecular weight excluding hydrogens is 340 g/mol. The standard InChI is InChI=1S/C20H18N6O/c1-12-7-6-10-15(13(12)2)23-24-18-19(21)25-26-16(11-17(27)22-20(18)26)14-8-4-3-5-9-14/h3-11H,1-2H3,(H2,21,25)(H,22,27). The number of aromatic nitrogens is 3. The number of anilines is 1. The van der Waals surface area contributed by atoms with Gasteiger partial charge in [-0.15, -0.1) is 10.2 Å². The second-order valence-corrected chi connectivity index (χ2v) is 6.30. The van der Waals surface area contributed by atoms with E-state index in [0.717, 1.165) is 22.4 Å². The number of nitrogens with one attached hydrogen (secondary N) is 1. The van der Waals surface area contributed by atoms with Crippen molar-refractivity contribution in [1.82, 2.24) is 14.6 Å². The van der Waals surface area contributed by atoms with Gasteiger partial charge in [0.1, 0.15) is 0 Å². The van der Waals surface area contributed by atoms with Crippen LogP contribution in [0.2, 0.25) is 0 Å². The maximum absolute atomic E-state index is 12.2. The third kappa shape index (κ3) is 2.99. The van der Waals surface area contributed by atoms with Crippen molar-refractivity contribution in [2.75, 3.05) is 5.73 Å². The fraction of sp³-hybridized carbons (Fsp3) is 0.100. The highest BCUT2D eigenvalue weighted by molar-refractivity contribution is 5.78. The fourth-order valence-corrected chi connectivity index (χ4v) is 2.91. The molecule has 0 aliphatic carbocycles. The van der Waals surface area contributed by atoms with Gasteiger partial charge in [-0.2, -0.15) is 5.11 Å². The topological polar surface area (TPSA) is 101 Å². The second-order valence-electron chi connectivity index (χ2n) is 6.30. The van der Waals surface area contributed by atoms with Crippen molar-refractivity contribution in [2.24, 2.45) is 10.2 Å². The molecule has 0 bridgehead atoms. The molecule has 7 heteroatoms. The van der Waals surface area contributed by atoms with Crippen molar-refractivity contribution >= 4 is 22.8 Å². The number of aryl methyl sites for hydroxylation is 1. The van der Waals surface area contributed by atoms with Crippen molar-refractivity contribution in [2.45, 2.75) is 13.8 Å².